The average Bonchev–Trinajstić information content (AvgIpc) is 3.50. The lowest BCUT2D eigenvalue weighted by Gasteiger charge is -2.43. The van der Waals surface area contributed by atoms with Crippen LogP contribution < -0.4 is 10.6 Å². The minimum absolute atomic E-state index is 0.0328. The first-order valence-electron chi connectivity index (χ1n) is 13.8. The predicted molar refractivity (Wildman–Crippen MR) is 151 cm³/mol. The maximum absolute atomic E-state index is 16.0. The van der Waals surface area contributed by atoms with E-state index in [1.807, 2.05) is 31.2 Å². The third-order valence-corrected chi connectivity index (χ3v) is 10.2. The minimum Gasteiger partial charge on any atom is -0.478 e. The van der Waals surface area contributed by atoms with E-state index in [0.29, 0.717) is 29.4 Å². The van der Waals surface area contributed by atoms with Crippen LogP contribution in [0.4, 0.5) is 4.39 Å². The summed E-state index contributed by atoms with van der Waals surface area (Å²) < 4.78 is 16.0. The first kappa shape index (κ1) is 26.2. The molecule has 0 aromatic heterocycles. The molecule has 1 saturated carbocycles. The number of rotatable bonds is 5. The molecular formula is C31H30Cl2FN3O3. The molecule has 9 heteroatoms. The van der Waals surface area contributed by atoms with Crippen molar-refractivity contribution >= 4 is 35.1 Å². The Bertz CT molecular complexity index is 1490. The molecule has 3 N–H and O–H groups in total. The van der Waals surface area contributed by atoms with Crippen LogP contribution in [-0.4, -0.2) is 51.6 Å². The molecule has 6 atom stereocenters. The van der Waals surface area contributed by atoms with Gasteiger partial charge in [0, 0.05) is 42.0 Å². The van der Waals surface area contributed by atoms with E-state index < -0.39 is 28.8 Å². The molecule has 3 saturated heterocycles. The number of carboxylic acids is 1. The summed E-state index contributed by atoms with van der Waals surface area (Å²) in [5.41, 5.74) is 0.777. The third kappa shape index (κ3) is 3.74. The van der Waals surface area contributed by atoms with E-state index in [9.17, 15) is 14.7 Å². The van der Waals surface area contributed by atoms with Gasteiger partial charge in [0.1, 0.15) is 11.4 Å². The number of hydrogen-bond donors (Lipinski definition) is 3. The quantitative estimate of drug-likeness (QED) is 0.432. The van der Waals surface area contributed by atoms with Gasteiger partial charge in [-0.3, -0.25) is 9.69 Å². The first-order chi connectivity index (χ1) is 19.1. The van der Waals surface area contributed by atoms with Gasteiger partial charge in [-0.1, -0.05) is 53.5 Å². The van der Waals surface area contributed by atoms with Gasteiger partial charge in [0.25, 0.3) is 0 Å². The van der Waals surface area contributed by atoms with Crippen molar-refractivity contribution in [2.75, 3.05) is 6.54 Å². The van der Waals surface area contributed by atoms with Crippen LogP contribution in [0.2, 0.25) is 5.02 Å². The lowest BCUT2D eigenvalue weighted by molar-refractivity contribution is -0.129. The number of carbonyl (C=O) groups excluding carboxylic acids is 1. The van der Waals surface area contributed by atoms with Gasteiger partial charge in [-0.05, 0) is 73.1 Å². The summed E-state index contributed by atoms with van der Waals surface area (Å²) in [5, 5.41) is 17.1. The van der Waals surface area contributed by atoms with Gasteiger partial charge in [-0.25, -0.2) is 9.18 Å². The molecule has 7 rings (SSSR count). The van der Waals surface area contributed by atoms with Gasteiger partial charge in [0.15, 0.2) is 0 Å². The van der Waals surface area contributed by atoms with E-state index in [-0.39, 0.29) is 34.6 Å². The lowest BCUT2D eigenvalue weighted by Crippen LogP contribution is -2.57. The number of aromatic carboxylic acids is 1. The van der Waals surface area contributed by atoms with E-state index in [2.05, 4.69) is 15.5 Å². The molecule has 208 valence electrons. The number of amides is 1. The minimum atomic E-state index is -1.10. The van der Waals surface area contributed by atoms with Crippen LogP contribution in [0.3, 0.4) is 0 Å². The molecule has 2 aromatic rings. The Morgan fingerprint density at radius 3 is 2.60 bits per heavy atom. The van der Waals surface area contributed by atoms with Gasteiger partial charge < -0.3 is 15.7 Å². The maximum Gasteiger partial charge on any atom is 0.335 e. The van der Waals surface area contributed by atoms with Crippen LogP contribution in [-0.2, 0) is 4.79 Å². The summed E-state index contributed by atoms with van der Waals surface area (Å²) in [5.74, 6) is -1.65. The largest absolute Gasteiger partial charge is 0.478 e. The first-order valence-corrected chi connectivity index (χ1v) is 14.6. The van der Waals surface area contributed by atoms with Crippen molar-refractivity contribution in [3.05, 3.63) is 92.8 Å². The van der Waals surface area contributed by atoms with Crippen molar-refractivity contribution < 1.29 is 19.1 Å². The second kappa shape index (κ2) is 9.15. The van der Waals surface area contributed by atoms with E-state index in [0.717, 1.165) is 30.5 Å². The molecular weight excluding hydrogens is 552 g/mol. The Hall–Kier alpha value is -2.71. The number of allylic oxidation sites excluding steroid dienone is 2. The molecule has 2 aromatic carbocycles. The number of carboxylic acid groups (broad SMARTS) is 1. The zero-order valence-corrected chi connectivity index (χ0v) is 23.5. The zero-order valence-electron chi connectivity index (χ0n) is 22.0. The molecule has 2 aliphatic carbocycles. The van der Waals surface area contributed by atoms with Gasteiger partial charge >= 0.3 is 5.97 Å². The molecule has 3 heterocycles. The van der Waals surface area contributed by atoms with E-state index in [1.54, 1.807) is 24.3 Å². The van der Waals surface area contributed by atoms with E-state index in [1.165, 1.54) is 6.07 Å². The molecule has 5 aliphatic rings. The highest BCUT2D eigenvalue weighted by atomic mass is 35.5. The fourth-order valence-corrected chi connectivity index (χ4v) is 8.35. The Kier molecular flexibility index (Phi) is 5.99. The number of nitrogens with zero attached hydrogens (tertiary/aromatic N) is 1. The number of hydrogen-bond acceptors (Lipinski definition) is 4. The third-order valence-electron chi connectivity index (χ3n) is 9.67. The summed E-state index contributed by atoms with van der Waals surface area (Å²) in [6, 6.07) is 11.6. The summed E-state index contributed by atoms with van der Waals surface area (Å²) in [4.78, 5) is 28.2. The molecule has 1 unspecified atom stereocenters. The molecule has 0 radical (unpaired) electrons. The number of halogens is 3. The number of fused-ring (bicyclic) bond motifs is 3. The summed E-state index contributed by atoms with van der Waals surface area (Å²) >= 11 is 12.8. The van der Waals surface area contributed by atoms with Crippen molar-refractivity contribution in [3.63, 3.8) is 0 Å². The van der Waals surface area contributed by atoms with Crippen molar-refractivity contribution in [1.29, 1.82) is 0 Å². The number of carbonyl (C=O) groups is 2. The van der Waals surface area contributed by atoms with Crippen molar-refractivity contribution in [3.8, 4) is 0 Å². The van der Waals surface area contributed by atoms with Gasteiger partial charge in [-0.15, -0.1) is 0 Å². The van der Waals surface area contributed by atoms with Crippen LogP contribution in [0.1, 0.15) is 66.1 Å². The van der Waals surface area contributed by atoms with Gasteiger partial charge in [0.2, 0.25) is 5.91 Å². The Morgan fingerprint density at radius 2 is 1.90 bits per heavy atom. The number of nitrogens with one attached hydrogen (secondary N) is 2. The molecule has 1 amide bonds. The standard InChI is InChI=1S/C31H30Cl2FN3O3/c1-30-14-19(32)11-12-24(30)31(29(40)36-30)25(20-3-2-4-21(33)26(20)34)27-23(37(31)15-16-5-6-16)13-22(35-27)17-7-9-18(10-8-17)28(38)39/h2-4,7-12,16,22-23,25,27,35H,5-6,13-15H2,1H3,(H,36,40)(H,38,39)/t22-,23+,25+,27-,30?,31-/m1/s1. The summed E-state index contributed by atoms with van der Waals surface area (Å²) in [6.45, 7) is 2.75. The van der Waals surface area contributed by atoms with Crippen LogP contribution >= 0.6 is 23.2 Å². The van der Waals surface area contributed by atoms with Crippen molar-refractivity contribution in [2.24, 2.45) is 5.92 Å². The normalized spacial score (nSPS) is 34.9. The molecule has 3 aliphatic heterocycles. The zero-order chi connectivity index (χ0) is 28.0. The molecule has 6 nitrogen and oxygen atoms in total. The molecule has 1 spiro atoms. The Labute approximate surface area is 242 Å². The van der Waals surface area contributed by atoms with E-state index >= 15 is 4.39 Å². The molecule has 40 heavy (non-hydrogen) atoms. The van der Waals surface area contributed by atoms with Crippen LogP contribution in [0.25, 0.3) is 0 Å². The van der Waals surface area contributed by atoms with E-state index in [4.69, 9.17) is 23.2 Å². The van der Waals surface area contributed by atoms with Gasteiger partial charge in [-0.2, -0.15) is 0 Å². The number of likely N-dealkylation sites (tertiary alicyclic amines) is 1. The van der Waals surface area contributed by atoms with Crippen LogP contribution in [0.5, 0.6) is 0 Å². The highest BCUT2D eigenvalue weighted by molar-refractivity contribution is 6.31. The van der Waals surface area contributed by atoms with Crippen LogP contribution in [0.15, 0.2) is 65.2 Å². The topological polar surface area (TPSA) is 81.7 Å². The Morgan fingerprint density at radius 1 is 1.15 bits per heavy atom. The van der Waals surface area contributed by atoms with Crippen LogP contribution in [0, 0.1) is 11.7 Å². The van der Waals surface area contributed by atoms with Crippen molar-refractivity contribution in [2.45, 2.75) is 67.7 Å². The second-order valence-electron chi connectivity index (χ2n) is 12.1. The smallest absolute Gasteiger partial charge is 0.335 e. The average molecular weight is 583 g/mol. The maximum atomic E-state index is 16.0. The Balaban J connectivity index is 1.40. The fraction of sp³-hybridized carbons (Fsp3) is 0.419. The fourth-order valence-electron chi connectivity index (χ4n) is 7.84. The molecule has 4 fully saturated rings. The SMILES string of the molecule is CC12CC(Cl)=CC=C1[C@]1(C(=O)N2)[C@@H](c2cccc(Cl)c2F)[C@@H]2N[C@@H](c3ccc(C(=O)O)cc3)C[C@@H]2N1CC1CC1. The number of benzene rings is 2. The monoisotopic (exact) mass is 581 g/mol. The van der Waals surface area contributed by atoms with Crippen molar-refractivity contribution in [1.82, 2.24) is 15.5 Å². The highest BCUT2D eigenvalue weighted by Crippen LogP contribution is 2.61. The predicted octanol–water partition coefficient (Wildman–Crippen LogP) is 5.54. The summed E-state index contributed by atoms with van der Waals surface area (Å²) in [6.07, 6.45) is 7.25. The highest BCUT2D eigenvalue weighted by Gasteiger charge is 2.72. The lowest BCUT2D eigenvalue weighted by atomic mass is 9.68. The van der Waals surface area contributed by atoms with Gasteiger partial charge in [0.05, 0.1) is 16.1 Å². The molecule has 0 bridgehead atoms. The summed E-state index contributed by atoms with van der Waals surface area (Å²) in [7, 11) is 0. The second-order valence-corrected chi connectivity index (χ2v) is 13.0.